The Kier molecular flexibility index (Phi) is 3.25. The molecule has 6 heteroatoms. The van der Waals surface area contributed by atoms with Crippen molar-refractivity contribution in [1.82, 2.24) is 9.78 Å². The zero-order valence-corrected chi connectivity index (χ0v) is 10.7. The number of aryl methyl sites for hydroxylation is 1. The van der Waals surface area contributed by atoms with E-state index in [0.717, 1.165) is 0 Å². The minimum Gasteiger partial charge on any atom is -0.465 e. The first-order valence-electron chi connectivity index (χ1n) is 5.23. The number of carbonyl (C=O) groups is 1. The summed E-state index contributed by atoms with van der Waals surface area (Å²) in [6.07, 6.45) is 1.67. The molecule has 0 saturated heterocycles. The average Bonchev–Trinajstić information content (AvgIpc) is 2.68. The highest BCUT2D eigenvalue weighted by atomic mass is 35.5. The van der Waals surface area contributed by atoms with Crippen LogP contribution in [0.4, 0.5) is 5.69 Å². The lowest BCUT2D eigenvalue weighted by Gasteiger charge is -2.07. The predicted octanol–water partition coefficient (Wildman–Crippen LogP) is 2.20. The Balaban J connectivity index is 2.44. The molecule has 0 unspecified atom stereocenters. The van der Waals surface area contributed by atoms with Crippen LogP contribution < -0.4 is 5.73 Å². The summed E-state index contributed by atoms with van der Waals surface area (Å²) < 4.78 is 6.20. The van der Waals surface area contributed by atoms with Crippen LogP contribution in [-0.2, 0) is 4.74 Å². The maximum absolute atomic E-state index is 11.4. The molecule has 18 heavy (non-hydrogen) atoms. The van der Waals surface area contributed by atoms with Crippen LogP contribution in [0.1, 0.15) is 16.1 Å². The molecule has 1 aromatic heterocycles. The number of rotatable bonds is 2. The molecule has 0 radical (unpaired) electrons. The van der Waals surface area contributed by atoms with E-state index >= 15 is 0 Å². The Hall–Kier alpha value is -2.01. The molecule has 0 aliphatic rings. The van der Waals surface area contributed by atoms with E-state index in [9.17, 15) is 4.79 Å². The highest BCUT2D eigenvalue weighted by molar-refractivity contribution is 6.31. The summed E-state index contributed by atoms with van der Waals surface area (Å²) in [6.45, 7) is 1.80. The van der Waals surface area contributed by atoms with Gasteiger partial charge < -0.3 is 10.5 Å². The number of esters is 1. The van der Waals surface area contributed by atoms with Crippen molar-refractivity contribution in [2.24, 2.45) is 0 Å². The Morgan fingerprint density at radius 1 is 1.50 bits per heavy atom. The Morgan fingerprint density at radius 2 is 2.22 bits per heavy atom. The third kappa shape index (κ3) is 2.17. The van der Waals surface area contributed by atoms with Crippen molar-refractivity contribution in [3.63, 3.8) is 0 Å². The lowest BCUT2D eigenvalue weighted by atomic mass is 10.2. The first kappa shape index (κ1) is 12.4. The van der Waals surface area contributed by atoms with Gasteiger partial charge in [-0.2, -0.15) is 5.10 Å². The van der Waals surface area contributed by atoms with Gasteiger partial charge in [-0.1, -0.05) is 11.6 Å². The van der Waals surface area contributed by atoms with E-state index in [4.69, 9.17) is 17.3 Å². The molecule has 5 nitrogen and oxygen atoms in total. The smallest absolute Gasteiger partial charge is 0.337 e. The maximum atomic E-state index is 11.4. The molecule has 2 N–H and O–H groups in total. The minimum absolute atomic E-state index is 0.397. The first-order chi connectivity index (χ1) is 8.52. The number of methoxy groups -OCH3 is 1. The SMILES string of the molecule is COC(=O)c1ccc(-n2cc(Cl)c(C)n2)c(N)c1. The fraction of sp³-hybridized carbons (Fsp3) is 0.167. The average molecular weight is 266 g/mol. The third-order valence-corrected chi connectivity index (χ3v) is 2.91. The lowest BCUT2D eigenvalue weighted by molar-refractivity contribution is 0.0601. The van der Waals surface area contributed by atoms with Gasteiger partial charge in [-0.25, -0.2) is 9.48 Å². The molecule has 0 bridgehead atoms. The molecule has 2 aromatic rings. The highest BCUT2D eigenvalue weighted by Gasteiger charge is 2.11. The third-order valence-electron chi connectivity index (χ3n) is 2.53. The highest BCUT2D eigenvalue weighted by Crippen LogP contribution is 2.22. The van der Waals surface area contributed by atoms with Crippen molar-refractivity contribution in [2.45, 2.75) is 6.92 Å². The minimum atomic E-state index is -0.428. The van der Waals surface area contributed by atoms with Gasteiger partial charge >= 0.3 is 5.97 Å². The van der Waals surface area contributed by atoms with E-state index in [0.29, 0.717) is 27.7 Å². The van der Waals surface area contributed by atoms with Gasteiger partial charge in [-0.3, -0.25) is 0 Å². The molecule has 0 amide bonds. The van der Waals surface area contributed by atoms with Crippen LogP contribution in [-0.4, -0.2) is 22.9 Å². The molecular formula is C12H12ClN3O2. The number of benzene rings is 1. The number of hydrogen-bond acceptors (Lipinski definition) is 4. The number of aromatic nitrogens is 2. The summed E-state index contributed by atoms with van der Waals surface area (Å²) in [5.41, 5.74) is 8.10. The van der Waals surface area contributed by atoms with Crippen molar-refractivity contribution in [3.8, 4) is 5.69 Å². The topological polar surface area (TPSA) is 70.1 Å². The Bertz CT molecular complexity index is 588. The number of nitrogen functional groups attached to an aromatic ring is 1. The second-order valence-electron chi connectivity index (χ2n) is 3.77. The van der Waals surface area contributed by atoms with Crippen LogP contribution in [0.3, 0.4) is 0 Å². The summed E-state index contributed by atoms with van der Waals surface area (Å²) in [5, 5.41) is 4.79. The van der Waals surface area contributed by atoms with Crippen LogP contribution in [0.15, 0.2) is 24.4 Å². The van der Waals surface area contributed by atoms with Crippen molar-refractivity contribution in [3.05, 3.63) is 40.7 Å². The zero-order chi connectivity index (χ0) is 13.3. The normalized spacial score (nSPS) is 10.4. The molecule has 0 saturated carbocycles. The maximum Gasteiger partial charge on any atom is 0.337 e. The first-order valence-corrected chi connectivity index (χ1v) is 5.60. The lowest BCUT2D eigenvalue weighted by Crippen LogP contribution is -2.05. The van der Waals surface area contributed by atoms with E-state index < -0.39 is 5.97 Å². The summed E-state index contributed by atoms with van der Waals surface area (Å²) in [7, 11) is 1.32. The largest absolute Gasteiger partial charge is 0.465 e. The molecule has 2 rings (SSSR count). The summed E-state index contributed by atoms with van der Waals surface area (Å²) >= 11 is 5.94. The predicted molar refractivity (Wildman–Crippen MR) is 69.1 cm³/mol. The fourth-order valence-corrected chi connectivity index (χ4v) is 1.70. The van der Waals surface area contributed by atoms with Crippen molar-refractivity contribution in [2.75, 3.05) is 12.8 Å². The zero-order valence-electron chi connectivity index (χ0n) is 9.98. The number of anilines is 1. The number of nitrogens with zero attached hydrogens (tertiary/aromatic N) is 2. The monoisotopic (exact) mass is 265 g/mol. The summed E-state index contributed by atoms with van der Waals surface area (Å²) in [4.78, 5) is 11.4. The standard InChI is InChI=1S/C12H12ClN3O2/c1-7-9(13)6-16(15-7)11-4-3-8(5-10(11)14)12(17)18-2/h3-6H,14H2,1-2H3. The molecule has 0 aliphatic carbocycles. The molecule has 1 heterocycles. The quantitative estimate of drug-likeness (QED) is 0.668. The van der Waals surface area contributed by atoms with E-state index in [1.807, 2.05) is 0 Å². The van der Waals surface area contributed by atoms with Crippen LogP contribution in [0.25, 0.3) is 5.69 Å². The van der Waals surface area contributed by atoms with E-state index in [-0.39, 0.29) is 0 Å². The van der Waals surface area contributed by atoms with Crippen LogP contribution in [0.5, 0.6) is 0 Å². The van der Waals surface area contributed by atoms with Gasteiger partial charge in [0, 0.05) is 6.20 Å². The van der Waals surface area contributed by atoms with Gasteiger partial charge in [0.05, 0.1) is 34.8 Å². The van der Waals surface area contributed by atoms with Crippen LogP contribution >= 0.6 is 11.6 Å². The number of ether oxygens (including phenoxy) is 1. The molecular weight excluding hydrogens is 254 g/mol. The summed E-state index contributed by atoms with van der Waals surface area (Å²) in [6, 6.07) is 4.87. The van der Waals surface area contributed by atoms with Gasteiger partial charge in [-0.05, 0) is 25.1 Å². The molecule has 1 aromatic carbocycles. The van der Waals surface area contributed by atoms with Crippen molar-refractivity contribution >= 4 is 23.3 Å². The van der Waals surface area contributed by atoms with Crippen molar-refractivity contribution < 1.29 is 9.53 Å². The molecule has 94 valence electrons. The Labute approximate surface area is 109 Å². The summed E-state index contributed by atoms with van der Waals surface area (Å²) in [5.74, 6) is -0.428. The number of carbonyl (C=O) groups excluding carboxylic acids is 1. The molecule has 0 fully saturated rings. The number of halogens is 1. The van der Waals surface area contributed by atoms with Crippen LogP contribution in [0.2, 0.25) is 5.02 Å². The fourth-order valence-electron chi connectivity index (χ4n) is 1.57. The Morgan fingerprint density at radius 3 is 2.72 bits per heavy atom. The van der Waals surface area contributed by atoms with E-state index in [1.54, 1.807) is 36.0 Å². The van der Waals surface area contributed by atoms with Crippen molar-refractivity contribution in [1.29, 1.82) is 0 Å². The second kappa shape index (κ2) is 4.70. The van der Waals surface area contributed by atoms with E-state index in [2.05, 4.69) is 9.84 Å². The number of hydrogen-bond donors (Lipinski definition) is 1. The van der Waals surface area contributed by atoms with Gasteiger partial charge in [0.25, 0.3) is 0 Å². The van der Waals surface area contributed by atoms with Crippen LogP contribution in [0, 0.1) is 6.92 Å². The van der Waals surface area contributed by atoms with Gasteiger partial charge in [0.2, 0.25) is 0 Å². The van der Waals surface area contributed by atoms with E-state index in [1.165, 1.54) is 7.11 Å². The molecule has 0 aliphatic heterocycles. The number of nitrogens with two attached hydrogens (primary N) is 1. The second-order valence-corrected chi connectivity index (χ2v) is 4.18. The van der Waals surface area contributed by atoms with Gasteiger partial charge in [0.15, 0.2) is 0 Å². The van der Waals surface area contributed by atoms with Gasteiger partial charge in [-0.15, -0.1) is 0 Å². The molecule has 0 spiro atoms. The molecule has 0 atom stereocenters. The van der Waals surface area contributed by atoms with Gasteiger partial charge in [0.1, 0.15) is 0 Å².